The Morgan fingerprint density at radius 1 is 1.21 bits per heavy atom. The number of esters is 1. The first-order valence-corrected chi connectivity index (χ1v) is 11.7. The third kappa shape index (κ3) is 3.40. The van der Waals surface area contributed by atoms with E-state index in [0.29, 0.717) is 22.8 Å². The van der Waals surface area contributed by atoms with Crippen LogP contribution in [0.3, 0.4) is 0 Å². The summed E-state index contributed by atoms with van der Waals surface area (Å²) in [5, 5.41) is 3.88. The zero-order valence-corrected chi connectivity index (χ0v) is 18.4. The summed E-state index contributed by atoms with van der Waals surface area (Å²) in [4.78, 5) is 26.8. The average Bonchev–Trinajstić information content (AvgIpc) is 3.40. The summed E-state index contributed by atoms with van der Waals surface area (Å²) < 4.78 is 5.09. The molecule has 2 saturated carbocycles. The highest BCUT2D eigenvalue weighted by Gasteiger charge is 2.43. The number of rotatable bonds is 5. The molecule has 154 valence electrons. The number of thiophene rings is 1. The summed E-state index contributed by atoms with van der Waals surface area (Å²) >= 11 is 1.61. The van der Waals surface area contributed by atoms with Crippen molar-refractivity contribution in [3.8, 4) is 0 Å². The van der Waals surface area contributed by atoms with Crippen LogP contribution < -0.4 is 5.32 Å². The van der Waals surface area contributed by atoms with Gasteiger partial charge in [-0.25, -0.2) is 4.79 Å². The number of hydrogen-bond donors (Lipinski definition) is 1. The van der Waals surface area contributed by atoms with Gasteiger partial charge in [0.05, 0.1) is 12.7 Å². The van der Waals surface area contributed by atoms with Gasteiger partial charge in [0.15, 0.2) is 0 Å². The first-order valence-electron chi connectivity index (χ1n) is 10.9. The van der Waals surface area contributed by atoms with E-state index >= 15 is 0 Å². The Hall–Kier alpha value is -1.36. The quantitative estimate of drug-likeness (QED) is 0.665. The molecule has 0 aromatic carbocycles. The lowest BCUT2D eigenvalue weighted by Gasteiger charge is -2.36. The minimum Gasteiger partial charge on any atom is -0.465 e. The highest BCUT2D eigenvalue weighted by molar-refractivity contribution is 7.17. The number of amides is 1. The fourth-order valence-corrected chi connectivity index (χ4v) is 7.04. The Morgan fingerprint density at radius 2 is 2.00 bits per heavy atom. The predicted molar refractivity (Wildman–Crippen MR) is 113 cm³/mol. The third-order valence-electron chi connectivity index (χ3n) is 7.98. The number of methoxy groups -OCH3 is 1. The van der Waals surface area contributed by atoms with Crippen LogP contribution in [0.2, 0.25) is 0 Å². The van der Waals surface area contributed by atoms with E-state index in [0.717, 1.165) is 48.6 Å². The van der Waals surface area contributed by atoms with Gasteiger partial charge in [-0.3, -0.25) is 4.79 Å². The van der Waals surface area contributed by atoms with Crippen LogP contribution in [0.1, 0.15) is 80.1 Å². The summed E-state index contributed by atoms with van der Waals surface area (Å²) in [6.07, 6.45) is 8.82. The van der Waals surface area contributed by atoms with Gasteiger partial charge in [-0.05, 0) is 67.3 Å². The number of carbonyl (C=O) groups is 2. The molecular weight excluding hydrogens is 370 g/mol. The Balaban J connectivity index is 1.59. The highest BCUT2D eigenvalue weighted by atomic mass is 32.1. The summed E-state index contributed by atoms with van der Waals surface area (Å²) in [5.74, 6) is 1.80. The van der Waals surface area contributed by atoms with E-state index in [-0.39, 0.29) is 17.8 Å². The van der Waals surface area contributed by atoms with Crippen molar-refractivity contribution >= 4 is 28.2 Å². The topological polar surface area (TPSA) is 55.4 Å². The van der Waals surface area contributed by atoms with Crippen molar-refractivity contribution in [2.24, 2.45) is 29.1 Å². The van der Waals surface area contributed by atoms with Crippen LogP contribution in [0.15, 0.2) is 0 Å². The summed E-state index contributed by atoms with van der Waals surface area (Å²) in [6.45, 7) is 6.94. The largest absolute Gasteiger partial charge is 0.465 e. The van der Waals surface area contributed by atoms with Crippen LogP contribution >= 0.6 is 11.3 Å². The van der Waals surface area contributed by atoms with Crippen LogP contribution in [0.4, 0.5) is 5.00 Å². The minimum atomic E-state index is -0.311. The molecule has 0 saturated heterocycles. The number of fused-ring (bicyclic) bond motifs is 3. The van der Waals surface area contributed by atoms with E-state index in [9.17, 15) is 9.59 Å². The lowest BCUT2D eigenvalue weighted by Crippen LogP contribution is -2.29. The molecule has 1 N–H and O–H groups in total. The molecule has 1 aromatic heterocycles. The van der Waals surface area contributed by atoms with E-state index in [2.05, 4.69) is 26.1 Å². The molecule has 4 nitrogen and oxygen atoms in total. The Bertz CT molecular complexity index is 781. The molecule has 4 atom stereocenters. The van der Waals surface area contributed by atoms with Crippen LogP contribution in [0.5, 0.6) is 0 Å². The number of anilines is 1. The van der Waals surface area contributed by atoms with Crippen molar-refractivity contribution < 1.29 is 14.3 Å². The van der Waals surface area contributed by atoms with Crippen molar-refractivity contribution in [1.29, 1.82) is 0 Å². The third-order valence-corrected chi connectivity index (χ3v) is 9.15. The highest BCUT2D eigenvalue weighted by Crippen LogP contribution is 2.50. The molecule has 1 aromatic rings. The molecule has 0 unspecified atom stereocenters. The van der Waals surface area contributed by atoms with E-state index in [1.54, 1.807) is 11.3 Å². The van der Waals surface area contributed by atoms with E-state index in [4.69, 9.17) is 4.74 Å². The standard InChI is InChI=1S/C23H33NO3S/c1-5-23(2,3)15-8-9-16-18(12-15)28-21(19(16)22(26)27-4)24-20(25)17-11-13-6-7-14(17)10-13/h13-15,17H,5-12H2,1-4H3,(H,24,25)/t13-,14-,15-,17+/m1/s1. The number of carbonyl (C=O) groups excluding carboxylic acids is 2. The van der Waals surface area contributed by atoms with Gasteiger partial charge in [-0.2, -0.15) is 0 Å². The SMILES string of the molecule is CCC(C)(C)[C@@H]1CCc2c(sc(NC(=O)[C@H]3C[C@@H]4CC[C@@H]3C4)c2C(=O)OC)C1. The molecule has 0 aliphatic heterocycles. The van der Waals surface area contributed by atoms with Crippen LogP contribution in [0, 0.1) is 29.1 Å². The van der Waals surface area contributed by atoms with Gasteiger partial charge in [0.25, 0.3) is 0 Å². The number of nitrogens with one attached hydrogen (secondary N) is 1. The fourth-order valence-electron chi connectivity index (χ4n) is 5.72. The minimum absolute atomic E-state index is 0.112. The van der Waals surface area contributed by atoms with E-state index in [1.165, 1.54) is 31.2 Å². The summed E-state index contributed by atoms with van der Waals surface area (Å²) in [5.41, 5.74) is 2.02. The zero-order chi connectivity index (χ0) is 20.1. The molecular formula is C23H33NO3S. The molecule has 0 spiro atoms. The lowest BCUT2D eigenvalue weighted by molar-refractivity contribution is -0.121. The van der Waals surface area contributed by atoms with Gasteiger partial charge < -0.3 is 10.1 Å². The first kappa shape index (κ1) is 19.9. The average molecular weight is 404 g/mol. The second kappa shape index (κ2) is 7.47. The molecule has 28 heavy (non-hydrogen) atoms. The second-order valence-corrected chi connectivity index (χ2v) is 10.9. The maximum Gasteiger partial charge on any atom is 0.341 e. The molecule has 4 rings (SSSR count). The van der Waals surface area contributed by atoms with Gasteiger partial charge in [-0.15, -0.1) is 11.3 Å². The maximum absolute atomic E-state index is 13.0. The molecule has 2 fully saturated rings. The van der Waals surface area contributed by atoms with Crippen LogP contribution in [-0.4, -0.2) is 19.0 Å². The van der Waals surface area contributed by atoms with E-state index in [1.807, 2.05) is 0 Å². The predicted octanol–water partition coefficient (Wildman–Crippen LogP) is 5.45. The van der Waals surface area contributed by atoms with Gasteiger partial charge in [0, 0.05) is 10.8 Å². The number of hydrogen-bond acceptors (Lipinski definition) is 4. The van der Waals surface area contributed by atoms with Gasteiger partial charge >= 0.3 is 5.97 Å². The van der Waals surface area contributed by atoms with Crippen LogP contribution in [-0.2, 0) is 22.4 Å². The first-order chi connectivity index (χ1) is 13.3. The van der Waals surface area contributed by atoms with Crippen molar-refractivity contribution in [2.75, 3.05) is 12.4 Å². The molecule has 3 aliphatic rings. The molecule has 5 heteroatoms. The van der Waals surface area contributed by atoms with Gasteiger partial charge in [-0.1, -0.05) is 33.6 Å². The van der Waals surface area contributed by atoms with Crippen LogP contribution in [0.25, 0.3) is 0 Å². The smallest absolute Gasteiger partial charge is 0.341 e. The Labute approximate surface area is 172 Å². The van der Waals surface area contributed by atoms with Crippen molar-refractivity contribution in [3.05, 3.63) is 16.0 Å². The molecule has 3 aliphatic carbocycles. The second-order valence-electron chi connectivity index (χ2n) is 9.75. The summed E-state index contributed by atoms with van der Waals surface area (Å²) in [7, 11) is 1.43. The molecule has 2 bridgehead atoms. The zero-order valence-electron chi connectivity index (χ0n) is 17.6. The van der Waals surface area contributed by atoms with Gasteiger partial charge in [0.2, 0.25) is 5.91 Å². The molecule has 1 amide bonds. The number of ether oxygens (including phenoxy) is 1. The monoisotopic (exact) mass is 403 g/mol. The Morgan fingerprint density at radius 3 is 2.61 bits per heavy atom. The molecule has 1 heterocycles. The maximum atomic E-state index is 13.0. The van der Waals surface area contributed by atoms with E-state index < -0.39 is 0 Å². The van der Waals surface area contributed by atoms with Crippen molar-refractivity contribution in [2.45, 2.75) is 72.1 Å². The summed E-state index contributed by atoms with van der Waals surface area (Å²) in [6, 6.07) is 0. The fraction of sp³-hybridized carbons (Fsp3) is 0.739. The van der Waals surface area contributed by atoms with Crippen molar-refractivity contribution in [3.63, 3.8) is 0 Å². The van der Waals surface area contributed by atoms with Crippen molar-refractivity contribution in [1.82, 2.24) is 0 Å². The molecule has 0 radical (unpaired) electrons. The van der Waals surface area contributed by atoms with Gasteiger partial charge in [0.1, 0.15) is 5.00 Å². The Kier molecular flexibility index (Phi) is 5.32. The normalized spacial score (nSPS) is 28.9. The lowest BCUT2D eigenvalue weighted by atomic mass is 9.69.